The highest BCUT2D eigenvalue weighted by molar-refractivity contribution is 5.92. The molecule has 1 amide bonds. The molecular weight excluding hydrogens is 236 g/mol. The SMILES string of the molecule is O=C(O)CC1(NC(=O)c2ccon2)CCCCC1. The van der Waals surface area contributed by atoms with Gasteiger partial charge in [0.25, 0.3) is 5.91 Å². The van der Waals surface area contributed by atoms with Crippen molar-refractivity contribution in [1.29, 1.82) is 0 Å². The summed E-state index contributed by atoms with van der Waals surface area (Å²) < 4.78 is 4.61. The molecule has 98 valence electrons. The molecule has 0 aliphatic heterocycles. The molecule has 2 N–H and O–H groups in total. The average Bonchev–Trinajstić information content (AvgIpc) is 2.82. The van der Waals surface area contributed by atoms with E-state index >= 15 is 0 Å². The Labute approximate surface area is 104 Å². The molecule has 1 aromatic heterocycles. The molecule has 2 rings (SSSR count). The van der Waals surface area contributed by atoms with E-state index in [0.717, 1.165) is 19.3 Å². The van der Waals surface area contributed by atoms with Gasteiger partial charge in [0.1, 0.15) is 6.26 Å². The third-order valence-corrected chi connectivity index (χ3v) is 3.35. The molecule has 0 saturated heterocycles. The standard InChI is InChI=1S/C12H16N2O4/c15-10(16)8-12(5-2-1-3-6-12)13-11(17)9-4-7-18-14-9/h4,7H,1-3,5-6,8H2,(H,13,17)(H,15,16). The van der Waals surface area contributed by atoms with Gasteiger partial charge in [0.2, 0.25) is 0 Å². The summed E-state index contributed by atoms with van der Waals surface area (Å²) in [6.45, 7) is 0. The van der Waals surface area contributed by atoms with Gasteiger partial charge in [0, 0.05) is 6.07 Å². The van der Waals surface area contributed by atoms with E-state index in [2.05, 4.69) is 15.0 Å². The number of nitrogens with zero attached hydrogens (tertiary/aromatic N) is 1. The maximum atomic E-state index is 11.9. The van der Waals surface area contributed by atoms with Crippen LogP contribution in [-0.2, 0) is 4.79 Å². The lowest BCUT2D eigenvalue weighted by molar-refractivity contribution is -0.139. The number of aliphatic carboxylic acids is 1. The number of hydrogen-bond donors (Lipinski definition) is 2. The maximum Gasteiger partial charge on any atom is 0.305 e. The lowest BCUT2D eigenvalue weighted by Gasteiger charge is -2.36. The molecule has 0 aromatic carbocycles. The van der Waals surface area contributed by atoms with E-state index in [1.807, 2.05) is 0 Å². The van der Waals surface area contributed by atoms with Crippen molar-refractivity contribution < 1.29 is 19.2 Å². The lowest BCUT2D eigenvalue weighted by Crippen LogP contribution is -2.51. The second kappa shape index (κ2) is 5.20. The van der Waals surface area contributed by atoms with Crippen LogP contribution < -0.4 is 5.32 Å². The van der Waals surface area contributed by atoms with Crippen LogP contribution in [-0.4, -0.2) is 27.7 Å². The fourth-order valence-electron chi connectivity index (χ4n) is 2.50. The molecule has 6 nitrogen and oxygen atoms in total. The van der Waals surface area contributed by atoms with Gasteiger partial charge in [-0.3, -0.25) is 9.59 Å². The fraction of sp³-hybridized carbons (Fsp3) is 0.583. The fourth-order valence-corrected chi connectivity index (χ4v) is 2.50. The number of rotatable bonds is 4. The summed E-state index contributed by atoms with van der Waals surface area (Å²) in [5, 5.41) is 15.4. The molecule has 1 aliphatic rings. The number of hydrogen-bond acceptors (Lipinski definition) is 4. The molecule has 0 radical (unpaired) electrons. The number of amides is 1. The monoisotopic (exact) mass is 252 g/mol. The first-order valence-corrected chi connectivity index (χ1v) is 6.06. The Bertz CT molecular complexity index is 421. The molecule has 0 atom stereocenters. The van der Waals surface area contributed by atoms with Crippen LogP contribution in [0.3, 0.4) is 0 Å². The van der Waals surface area contributed by atoms with E-state index in [1.54, 1.807) is 0 Å². The number of nitrogens with one attached hydrogen (secondary N) is 1. The molecule has 1 aromatic rings. The molecule has 0 spiro atoms. The number of carboxylic acid groups (broad SMARTS) is 1. The Balaban J connectivity index is 2.09. The molecule has 6 heteroatoms. The third kappa shape index (κ3) is 2.88. The number of aromatic nitrogens is 1. The van der Waals surface area contributed by atoms with Crippen LogP contribution >= 0.6 is 0 Å². The first-order valence-electron chi connectivity index (χ1n) is 6.06. The Hall–Kier alpha value is -1.85. The van der Waals surface area contributed by atoms with Gasteiger partial charge < -0.3 is 14.9 Å². The molecule has 1 aliphatic carbocycles. The Morgan fingerprint density at radius 2 is 2.11 bits per heavy atom. The summed E-state index contributed by atoms with van der Waals surface area (Å²) in [4.78, 5) is 22.9. The van der Waals surface area contributed by atoms with E-state index in [1.165, 1.54) is 12.3 Å². The van der Waals surface area contributed by atoms with Crippen LogP contribution in [0.5, 0.6) is 0 Å². The van der Waals surface area contributed by atoms with Crippen molar-refractivity contribution in [3.8, 4) is 0 Å². The summed E-state index contributed by atoms with van der Waals surface area (Å²) in [6, 6.07) is 1.46. The molecule has 0 unspecified atom stereocenters. The van der Waals surface area contributed by atoms with Crippen LogP contribution in [0, 0.1) is 0 Å². The minimum Gasteiger partial charge on any atom is -0.481 e. The first-order chi connectivity index (χ1) is 8.61. The largest absolute Gasteiger partial charge is 0.481 e. The number of carboxylic acids is 1. The van der Waals surface area contributed by atoms with Crippen LogP contribution in [0.15, 0.2) is 16.9 Å². The van der Waals surface area contributed by atoms with Crippen molar-refractivity contribution in [1.82, 2.24) is 10.5 Å². The molecule has 1 fully saturated rings. The quantitative estimate of drug-likeness (QED) is 0.848. The Morgan fingerprint density at radius 1 is 1.39 bits per heavy atom. The van der Waals surface area contributed by atoms with Crippen LogP contribution in [0.2, 0.25) is 0 Å². The highest BCUT2D eigenvalue weighted by Gasteiger charge is 2.36. The van der Waals surface area contributed by atoms with Gasteiger partial charge in [-0.2, -0.15) is 0 Å². The highest BCUT2D eigenvalue weighted by Crippen LogP contribution is 2.31. The number of carbonyl (C=O) groups is 2. The summed E-state index contributed by atoms with van der Waals surface area (Å²) in [6.07, 6.45) is 5.63. The van der Waals surface area contributed by atoms with Gasteiger partial charge in [-0.05, 0) is 12.8 Å². The minimum atomic E-state index is -0.891. The van der Waals surface area contributed by atoms with Gasteiger partial charge in [-0.15, -0.1) is 0 Å². The van der Waals surface area contributed by atoms with E-state index in [4.69, 9.17) is 5.11 Å². The minimum absolute atomic E-state index is 0.0450. The van der Waals surface area contributed by atoms with Gasteiger partial charge in [-0.25, -0.2) is 0 Å². The molecule has 0 bridgehead atoms. The second-order valence-corrected chi connectivity index (χ2v) is 4.75. The normalized spacial score (nSPS) is 18.2. The molecule has 1 heterocycles. The van der Waals surface area contributed by atoms with Crippen LogP contribution in [0.4, 0.5) is 0 Å². The third-order valence-electron chi connectivity index (χ3n) is 3.35. The van der Waals surface area contributed by atoms with Gasteiger partial charge in [0.05, 0.1) is 12.0 Å². The summed E-state index contributed by atoms with van der Waals surface area (Å²) in [5.74, 6) is -1.26. The zero-order valence-corrected chi connectivity index (χ0v) is 10.0. The van der Waals surface area contributed by atoms with Crippen LogP contribution in [0.1, 0.15) is 49.0 Å². The van der Waals surface area contributed by atoms with Gasteiger partial charge >= 0.3 is 5.97 Å². The van der Waals surface area contributed by atoms with Gasteiger partial charge in [0.15, 0.2) is 5.69 Å². The van der Waals surface area contributed by atoms with Crippen molar-refractivity contribution in [2.75, 3.05) is 0 Å². The molecule has 18 heavy (non-hydrogen) atoms. The first kappa shape index (κ1) is 12.6. The van der Waals surface area contributed by atoms with Crippen molar-refractivity contribution in [2.24, 2.45) is 0 Å². The van der Waals surface area contributed by atoms with Crippen molar-refractivity contribution in [3.63, 3.8) is 0 Å². The van der Waals surface area contributed by atoms with E-state index < -0.39 is 11.5 Å². The van der Waals surface area contributed by atoms with Gasteiger partial charge in [-0.1, -0.05) is 24.4 Å². The summed E-state index contributed by atoms with van der Waals surface area (Å²) >= 11 is 0. The van der Waals surface area contributed by atoms with E-state index in [0.29, 0.717) is 12.8 Å². The average molecular weight is 252 g/mol. The highest BCUT2D eigenvalue weighted by atomic mass is 16.5. The van der Waals surface area contributed by atoms with Crippen molar-refractivity contribution >= 4 is 11.9 Å². The predicted molar refractivity (Wildman–Crippen MR) is 62.0 cm³/mol. The Morgan fingerprint density at radius 3 is 2.67 bits per heavy atom. The zero-order valence-electron chi connectivity index (χ0n) is 10.0. The summed E-state index contributed by atoms with van der Waals surface area (Å²) in [7, 11) is 0. The Kier molecular flexibility index (Phi) is 3.64. The maximum absolute atomic E-state index is 11.9. The predicted octanol–water partition coefficient (Wildman–Crippen LogP) is 1.58. The van der Waals surface area contributed by atoms with E-state index in [9.17, 15) is 9.59 Å². The molecule has 1 saturated carbocycles. The lowest BCUT2D eigenvalue weighted by atomic mass is 9.79. The topological polar surface area (TPSA) is 92.4 Å². The van der Waals surface area contributed by atoms with Crippen molar-refractivity contribution in [3.05, 3.63) is 18.0 Å². The van der Waals surface area contributed by atoms with E-state index in [-0.39, 0.29) is 18.0 Å². The molecular formula is C12H16N2O4. The summed E-state index contributed by atoms with van der Waals surface area (Å²) in [5.41, 5.74) is -0.453. The number of carbonyl (C=O) groups excluding carboxylic acids is 1. The van der Waals surface area contributed by atoms with Crippen LogP contribution in [0.25, 0.3) is 0 Å². The smallest absolute Gasteiger partial charge is 0.305 e. The zero-order chi connectivity index (χ0) is 13.0. The second-order valence-electron chi connectivity index (χ2n) is 4.75. The van der Waals surface area contributed by atoms with Crippen molar-refractivity contribution in [2.45, 2.75) is 44.1 Å².